The van der Waals surface area contributed by atoms with Gasteiger partial charge in [-0.1, -0.05) is 24.3 Å². The number of benzene rings is 4. The van der Waals surface area contributed by atoms with Gasteiger partial charge in [0.1, 0.15) is 5.75 Å². The minimum absolute atomic E-state index is 0.0541. The molecule has 0 saturated carbocycles. The highest BCUT2D eigenvalue weighted by molar-refractivity contribution is 7.09. The summed E-state index contributed by atoms with van der Waals surface area (Å²) in [5.41, 5.74) is 8.26. The smallest absolute Gasteiger partial charge is 0.204 e. The molecule has 5 heterocycles. The highest BCUT2D eigenvalue weighted by atomic mass is 32.1. The molecular formula is C44H49N3O6S. The van der Waals surface area contributed by atoms with Crippen LogP contribution in [0.3, 0.4) is 0 Å². The number of fused-ring (bicyclic) bond motifs is 2. The largest absolute Gasteiger partial charge is 0.493 e. The van der Waals surface area contributed by atoms with Crippen molar-refractivity contribution < 1.29 is 28.4 Å². The van der Waals surface area contributed by atoms with Gasteiger partial charge >= 0.3 is 0 Å². The summed E-state index contributed by atoms with van der Waals surface area (Å²) in [6.07, 6.45) is 3.29. The van der Waals surface area contributed by atoms with Crippen molar-refractivity contribution in [1.82, 2.24) is 15.1 Å². The number of likely N-dealkylation sites (N-methyl/N-ethyl adjacent to an activating group) is 2. The second-order valence-electron chi connectivity index (χ2n) is 14.4. The molecule has 4 aliphatic rings. The fraction of sp³-hybridized carbons (Fsp3) is 0.364. The van der Waals surface area contributed by atoms with Gasteiger partial charge < -0.3 is 33.7 Å². The maximum Gasteiger partial charge on any atom is 0.204 e. The van der Waals surface area contributed by atoms with Crippen LogP contribution in [0.15, 0.2) is 72.1 Å². The van der Waals surface area contributed by atoms with Crippen molar-refractivity contribution in [3.63, 3.8) is 0 Å². The van der Waals surface area contributed by atoms with Crippen LogP contribution in [0.2, 0.25) is 0 Å². The summed E-state index contributed by atoms with van der Waals surface area (Å²) in [4.78, 5) is 6.14. The third-order valence-corrected chi connectivity index (χ3v) is 12.2. The number of rotatable bonds is 8. The lowest BCUT2D eigenvalue weighted by atomic mass is 9.84. The van der Waals surface area contributed by atoms with Crippen molar-refractivity contribution in [3.05, 3.63) is 116 Å². The molecule has 9 nitrogen and oxygen atoms in total. The number of nitrogens with zero attached hydrogens (tertiary/aromatic N) is 2. The van der Waals surface area contributed by atoms with Gasteiger partial charge in [-0.25, -0.2) is 0 Å². The maximum absolute atomic E-state index is 7.23. The summed E-state index contributed by atoms with van der Waals surface area (Å²) in [6.45, 7) is 3.20. The van der Waals surface area contributed by atoms with Gasteiger partial charge in [-0.3, -0.25) is 9.80 Å². The zero-order chi connectivity index (χ0) is 37.3. The van der Waals surface area contributed by atoms with Crippen LogP contribution in [-0.4, -0.2) is 65.4 Å². The van der Waals surface area contributed by atoms with E-state index in [9.17, 15) is 0 Å². The Morgan fingerprint density at radius 2 is 1.44 bits per heavy atom. The molecule has 282 valence electrons. The topological polar surface area (TPSA) is 73.9 Å². The van der Waals surface area contributed by atoms with Crippen LogP contribution in [0.1, 0.15) is 55.9 Å². The Balaban J connectivity index is 1.34. The minimum Gasteiger partial charge on any atom is -0.493 e. The van der Waals surface area contributed by atoms with Crippen molar-refractivity contribution in [2.24, 2.45) is 0 Å². The first-order chi connectivity index (χ1) is 26.4. The fourth-order valence-electron chi connectivity index (χ4n) is 8.42. The van der Waals surface area contributed by atoms with Gasteiger partial charge in [0.25, 0.3) is 0 Å². The summed E-state index contributed by atoms with van der Waals surface area (Å²) in [5, 5.41) is 5.81. The van der Waals surface area contributed by atoms with Gasteiger partial charge in [0.15, 0.2) is 34.5 Å². The summed E-state index contributed by atoms with van der Waals surface area (Å²) in [7, 11) is 11.2. The molecule has 0 fully saturated rings. The number of hydrogen-bond donors (Lipinski definition) is 1. The molecule has 0 saturated heterocycles. The molecule has 1 aromatic heterocycles. The van der Waals surface area contributed by atoms with Crippen LogP contribution in [0.5, 0.6) is 46.0 Å². The fourth-order valence-corrected chi connectivity index (χ4v) is 9.09. The minimum atomic E-state index is -0.0541. The highest BCUT2D eigenvalue weighted by Crippen LogP contribution is 2.54. The zero-order valence-electron chi connectivity index (χ0n) is 32.0. The molecule has 0 aliphatic carbocycles. The van der Waals surface area contributed by atoms with Gasteiger partial charge in [-0.15, -0.1) is 11.3 Å². The van der Waals surface area contributed by atoms with Crippen LogP contribution in [0.4, 0.5) is 0 Å². The first kappa shape index (κ1) is 36.2. The molecule has 10 heteroatoms. The normalized spacial score (nSPS) is 18.1. The molecular weight excluding hydrogens is 699 g/mol. The zero-order valence-corrected chi connectivity index (χ0v) is 32.8. The molecule has 54 heavy (non-hydrogen) atoms. The molecule has 0 spiro atoms. The van der Waals surface area contributed by atoms with Crippen LogP contribution >= 0.6 is 11.3 Å². The van der Waals surface area contributed by atoms with E-state index in [1.807, 2.05) is 6.07 Å². The molecule has 4 aliphatic heterocycles. The molecule has 0 amide bonds. The Hall–Kier alpha value is -4.74. The summed E-state index contributed by atoms with van der Waals surface area (Å²) in [5.74, 6) is 5.41. The third-order valence-electron chi connectivity index (χ3n) is 11.3. The SMILES string of the molecule is COc1ccc2cc1Oc1ccc(cc1)C[C@H]1c3cc(c(OC)cc3CCN1C)Oc1c(OC)c(OC)c(CNCc3cccs3)c3c1[C@H](C2)N(C)CC3. The number of methoxy groups -OCH3 is 4. The highest BCUT2D eigenvalue weighted by Gasteiger charge is 2.37. The number of nitrogens with one attached hydrogen (secondary N) is 1. The summed E-state index contributed by atoms with van der Waals surface area (Å²) >= 11 is 1.75. The van der Waals surface area contributed by atoms with Crippen molar-refractivity contribution in [3.8, 4) is 46.0 Å². The van der Waals surface area contributed by atoms with E-state index in [4.69, 9.17) is 28.4 Å². The summed E-state index contributed by atoms with van der Waals surface area (Å²) < 4.78 is 38.2. The lowest BCUT2D eigenvalue weighted by Gasteiger charge is -2.38. The Morgan fingerprint density at radius 1 is 0.722 bits per heavy atom. The van der Waals surface area contributed by atoms with Crippen molar-refractivity contribution in [2.45, 2.75) is 50.9 Å². The van der Waals surface area contributed by atoms with E-state index in [2.05, 4.69) is 95.3 Å². The standard InChI is InChI=1S/C44H49N3O6S/c1-46-17-15-29-23-38(49-4)40-24-33(29)35(46)20-27-9-12-30(13-10-27)52-39-22-28(11-14-37(39)48-3)21-36-41-32(16-18-47(36)2)34(26-45-25-31-8-7-19-54-31)42(50-5)44(51-6)43(41)53-40/h7-14,19,22-24,35-36,45H,15-18,20-21,25-26H2,1-6H3/t35-,36-/m0/s1. The van der Waals surface area contributed by atoms with Crippen LogP contribution < -0.4 is 33.7 Å². The lowest BCUT2D eigenvalue weighted by molar-refractivity contribution is 0.219. The quantitative estimate of drug-likeness (QED) is 0.168. The van der Waals surface area contributed by atoms with Crippen LogP contribution in [-0.2, 0) is 38.8 Å². The second-order valence-corrected chi connectivity index (χ2v) is 15.4. The maximum atomic E-state index is 7.23. The molecule has 4 aromatic carbocycles. The van der Waals surface area contributed by atoms with E-state index in [0.29, 0.717) is 53.2 Å². The first-order valence-corrected chi connectivity index (χ1v) is 19.5. The van der Waals surface area contributed by atoms with Crippen molar-refractivity contribution in [1.29, 1.82) is 0 Å². The molecule has 6 bridgehead atoms. The first-order valence-electron chi connectivity index (χ1n) is 18.6. The van der Waals surface area contributed by atoms with Gasteiger partial charge in [-0.2, -0.15) is 0 Å². The van der Waals surface area contributed by atoms with Crippen molar-refractivity contribution >= 4 is 11.3 Å². The number of thiophene rings is 1. The Kier molecular flexibility index (Phi) is 10.4. The molecule has 0 radical (unpaired) electrons. The Labute approximate surface area is 322 Å². The molecule has 1 N–H and O–H groups in total. The average molecular weight is 748 g/mol. The Bertz CT molecular complexity index is 2120. The van der Waals surface area contributed by atoms with Gasteiger partial charge in [0.2, 0.25) is 5.75 Å². The van der Waals surface area contributed by atoms with E-state index < -0.39 is 0 Å². The van der Waals surface area contributed by atoms with Crippen molar-refractivity contribution in [2.75, 3.05) is 55.6 Å². The average Bonchev–Trinajstić information content (AvgIpc) is 3.71. The van der Waals surface area contributed by atoms with Gasteiger partial charge in [-0.05, 0) is 115 Å². The molecule has 2 atom stereocenters. The molecule has 0 unspecified atom stereocenters. The third kappa shape index (κ3) is 6.88. The number of ether oxygens (including phenoxy) is 6. The van der Waals surface area contributed by atoms with E-state index in [0.717, 1.165) is 61.3 Å². The van der Waals surface area contributed by atoms with E-state index >= 15 is 0 Å². The van der Waals surface area contributed by atoms with Gasteiger partial charge in [0.05, 0.1) is 28.4 Å². The van der Waals surface area contributed by atoms with Crippen LogP contribution in [0.25, 0.3) is 0 Å². The second kappa shape index (κ2) is 15.5. The predicted octanol–water partition coefficient (Wildman–Crippen LogP) is 8.51. The predicted molar refractivity (Wildman–Crippen MR) is 213 cm³/mol. The Morgan fingerprint density at radius 3 is 2.19 bits per heavy atom. The number of hydrogen-bond acceptors (Lipinski definition) is 10. The van der Waals surface area contributed by atoms with E-state index in [1.165, 1.54) is 27.1 Å². The summed E-state index contributed by atoms with van der Waals surface area (Å²) in [6, 6.07) is 23.4. The van der Waals surface area contributed by atoms with Gasteiger partial charge in [0, 0.05) is 54.3 Å². The van der Waals surface area contributed by atoms with E-state index in [1.54, 1.807) is 39.8 Å². The molecule has 5 aromatic rings. The lowest BCUT2D eigenvalue weighted by Crippen LogP contribution is -2.35. The van der Waals surface area contributed by atoms with E-state index in [-0.39, 0.29) is 12.1 Å². The van der Waals surface area contributed by atoms with Crippen LogP contribution in [0, 0.1) is 0 Å². The monoisotopic (exact) mass is 747 g/mol. The molecule has 9 rings (SSSR count).